The van der Waals surface area contributed by atoms with Gasteiger partial charge in [0.2, 0.25) is 0 Å². The standard InChI is InChI=1S/C23H22N2O4S/c1-17-12-14-19(15-13-17)30(27,28)25-16-22(29-21-11-7-6-10-20(21)25)23(26)24(2)18-8-4-3-5-9-18/h3-15,22H,16H2,1-2H3/t22-/m1/s1. The number of hydrogen-bond donors (Lipinski definition) is 0. The van der Waals surface area contributed by atoms with E-state index < -0.39 is 16.1 Å². The van der Waals surface area contributed by atoms with Gasteiger partial charge in [0.25, 0.3) is 15.9 Å². The number of nitrogens with zero attached hydrogens (tertiary/aromatic N) is 2. The fourth-order valence-corrected chi connectivity index (χ4v) is 4.87. The highest BCUT2D eigenvalue weighted by atomic mass is 32.2. The first-order valence-electron chi connectivity index (χ1n) is 9.55. The van der Waals surface area contributed by atoms with Crippen LogP contribution in [0.2, 0.25) is 0 Å². The fraction of sp³-hybridized carbons (Fsp3) is 0.174. The second-order valence-electron chi connectivity index (χ2n) is 7.16. The van der Waals surface area contributed by atoms with Gasteiger partial charge < -0.3 is 9.64 Å². The second-order valence-corrected chi connectivity index (χ2v) is 9.02. The third-order valence-electron chi connectivity index (χ3n) is 5.09. The molecule has 0 bridgehead atoms. The molecule has 7 heteroatoms. The van der Waals surface area contributed by atoms with Crippen molar-refractivity contribution in [3.63, 3.8) is 0 Å². The molecule has 1 aliphatic heterocycles. The van der Waals surface area contributed by atoms with E-state index in [2.05, 4.69) is 0 Å². The van der Waals surface area contributed by atoms with E-state index in [1.165, 1.54) is 9.21 Å². The van der Waals surface area contributed by atoms with Gasteiger partial charge in [0.05, 0.1) is 17.1 Å². The van der Waals surface area contributed by atoms with Gasteiger partial charge in [-0.3, -0.25) is 9.10 Å². The van der Waals surface area contributed by atoms with Crippen molar-refractivity contribution < 1.29 is 17.9 Å². The largest absolute Gasteiger partial charge is 0.476 e. The summed E-state index contributed by atoms with van der Waals surface area (Å²) in [6.07, 6.45) is -0.967. The molecule has 0 saturated heterocycles. The maximum atomic E-state index is 13.4. The smallest absolute Gasteiger partial charge is 0.269 e. The van der Waals surface area contributed by atoms with Crippen molar-refractivity contribution >= 4 is 27.3 Å². The summed E-state index contributed by atoms with van der Waals surface area (Å²) in [5, 5.41) is 0. The third kappa shape index (κ3) is 3.64. The minimum atomic E-state index is -3.87. The molecule has 30 heavy (non-hydrogen) atoms. The van der Waals surface area contributed by atoms with E-state index in [1.54, 1.807) is 55.6 Å². The van der Waals surface area contributed by atoms with Crippen LogP contribution in [0.5, 0.6) is 5.75 Å². The van der Waals surface area contributed by atoms with Gasteiger partial charge in [-0.15, -0.1) is 0 Å². The molecule has 3 aromatic carbocycles. The van der Waals surface area contributed by atoms with Crippen LogP contribution in [-0.2, 0) is 14.8 Å². The predicted molar refractivity (Wildman–Crippen MR) is 116 cm³/mol. The van der Waals surface area contributed by atoms with E-state index in [0.717, 1.165) is 5.56 Å². The van der Waals surface area contributed by atoms with Crippen LogP contribution in [0, 0.1) is 6.92 Å². The molecule has 4 rings (SSSR count). The summed E-state index contributed by atoms with van der Waals surface area (Å²) < 4.78 is 34.0. The number of carbonyl (C=O) groups excluding carboxylic acids is 1. The monoisotopic (exact) mass is 422 g/mol. The molecule has 0 aliphatic carbocycles. The highest BCUT2D eigenvalue weighted by Crippen LogP contribution is 2.37. The minimum Gasteiger partial charge on any atom is -0.476 e. The number of carbonyl (C=O) groups is 1. The van der Waals surface area contributed by atoms with E-state index in [0.29, 0.717) is 17.1 Å². The normalized spacial score (nSPS) is 15.8. The van der Waals surface area contributed by atoms with Crippen molar-refractivity contribution in [1.29, 1.82) is 0 Å². The molecule has 1 amide bonds. The summed E-state index contributed by atoms with van der Waals surface area (Å²) in [7, 11) is -2.21. The Balaban J connectivity index is 1.71. The number of amides is 1. The molecular formula is C23H22N2O4S. The number of para-hydroxylation sites is 3. The second kappa shape index (κ2) is 7.84. The zero-order chi connectivity index (χ0) is 21.3. The molecule has 1 heterocycles. The van der Waals surface area contributed by atoms with Crippen molar-refractivity contribution in [2.24, 2.45) is 0 Å². The molecule has 0 N–H and O–H groups in total. The Morgan fingerprint density at radius 2 is 1.60 bits per heavy atom. The first-order valence-corrected chi connectivity index (χ1v) is 11.0. The van der Waals surface area contributed by atoms with E-state index in [4.69, 9.17) is 4.74 Å². The van der Waals surface area contributed by atoms with Gasteiger partial charge in [0.1, 0.15) is 5.75 Å². The van der Waals surface area contributed by atoms with E-state index in [-0.39, 0.29) is 17.3 Å². The highest BCUT2D eigenvalue weighted by molar-refractivity contribution is 7.92. The Labute approximate surface area is 176 Å². The number of hydrogen-bond acceptors (Lipinski definition) is 4. The zero-order valence-electron chi connectivity index (χ0n) is 16.7. The van der Waals surface area contributed by atoms with E-state index in [9.17, 15) is 13.2 Å². The van der Waals surface area contributed by atoms with Crippen molar-refractivity contribution in [3.05, 3.63) is 84.4 Å². The Morgan fingerprint density at radius 3 is 2.30 bits per heavy atom. The maximum absolute atomic E-state index is 13.4. The SMILES string of the molecule is Cc1ccc(S(=O)(=O)N2C[C@H](C(=O)N(C)c3ccccc3)Oc3ccccc32)cc1. The van der Waals surface area contributed by atoms with Crippen LogP contribution >= 0.6 is 0 Å². The van der Waals surface area contributed by atoms with Gasteiger partial charge in [-0.25, -0.2) is 8.42 Å². The molecule has 0 radical (unpaired) electrons. The topological polar surface area (TPSA) is 66.9 Å². The summed E-state index contributed by atoms with van der Waals surface area (Å²) in [5.74, 6) is 0.0408. The molecule has 154 valence electrons. The molecule has 0 saturated carbocycles. The van der Waals surface area contributed by atoms with Crippen LogP contribution in [0.1, 0.15) is 5.56 Å². The molecule has 3 aromatic rings. The van der Waals surface area contributed by atoms with Gasteiger partial charge in [-0.2, -0.15) is 0 Å². The van der Waals surface area contributed by atoms with Gasteiger partial charge in [-0.1, -0.05) is 48.0 Å². The fourth-order valence-electron chi connectivity index (χ4n) is 3.39. The number of sulfonamides is 1. The van der Waals surface area contributed by atoms with Crippen LogP contribution in [0.15, 0.2) is 83.8 Å². The molecule has 0 unspecified atom stereocenters. The van der Waals surface area contributed by atoms with Crippen molar-refractivity contribution in [1.82, 2.24) is 0 Å². The number of likely N-dealkylation sites (N-methyl/N-ethyl adjacent to an activating group) is 1. The molecule has 1 aliphatic rings. The van der Waals surface area contributed by atoms with Gasteiger partial charge in [-0.05, 0) is 43.3 Å². The zero-order valence-corrected chi connectivity index (χ0v) is 17.5. The van der Waals surface area contributed by atoms with Crippen molar-refractivity contribution in [2.45, 2.75) is 17.9 Å². The molecule has 1 atom stereocenters. The number of fused-ring (bicyclic) bond motifs is 1. The Hall–Kier alpha value is -3.32. The Kier molecular flexibility index (Phi) is 5.22. The molecule has 6 nitrogen and oxygen atoms in total. The number of benzene rings is 3. The van der Waals surface area contributed by atoms with E-state index in [1.807, 2.05) is 37.3 Å². The first-order chi connectivity index (χ1) is 14.4. The minimum absolute atomic E-state index is 0.108. The lowest BCUT2D eigenvalue weighted by Gasteiger charge is -2.36. The van der Waals surface area contributed by atoms with Crippen LogP contribution in [0.4, 0.5) is 11.4 Å². The van der Waals surface area contributed by atoms with Crippen LogP contribution < -0.4 is 13.9 Å². The third-order valence-corrected chi connectivity index (χ3v) is 6.89. The molecular weight excluding hydrogens is 400 g/mol. The highest BCUT2D eigenvalue weighted by Gasteiger charge is 2.38. The van der Waals surface area contributed by atoms with Gasteiger partial charge >= 0.3 is 0 Å². The lowest BCUT2D eigenvalue weighted by atomic mass is 10.2. The molecule has 0 aromatic heterocycles. The maximum Gasteiger partial charge on any atom is 0.269 e. The molecule has 0 spiro atoms. The summed E-state index contributed by atoms with van der Waals surface area (Å²) in [6.45, 7) is 1.79. The summed E-state index contributed by atoms with van der Waals surface area (Å²) >= 11 is 0. The number of rotatable bonds is 4. The van der Waals surface area contributed by atoms with Crippen molar-refractivity contribution in [2.75, 3.05) is 22.8 Å². The summed E-state index contributed by atoms with van der Waals surface area (Å²) in [5.41, 5.74) is 2.09. The predicted octanol–water partition coefficient (Wildman–Crippen LogP) is 3.61. The lowest BCUT2D eigenvalue weighted by Crippen LogP contribution is -2.51. The lowest BCUT2D eigenvalue weighted by molar-refractivity contribution is -0.124. The summed E-state index contributed by atoms with van der Waals surface area (Å²) in [4.78, 5) is 14.8. The van der Waals surface area contributed by atoms with E-state index >= 15 is 0 Å². The average molecular weight is 423 g/mol. The van der Waals surface area contributed by atoms with Crippen molar-refractivity contribution in [3.8, 4) is 5.75 Å². The average Bonchev–Trinajstić information content (AvgIpc) is 2.78. The molecule has 0 fully saturated rings. The van der Waals surface area contributed by atoms with Gasteiger partial charge in [0.15, 0.2) is 6.10 Å². The number of aryl methyl sites for hydroxylation is 1. The Morgan fingerprint density at radius 1 is 0.967 bits per heavy atom. The number of ether oxygens (including phenoxy) is 1. The number of anilines is 2. The van der Waals surface area contributed by atoms with Crippen LogP contribution in [0.25, 0.3) is 0 Å². The quantitative estimate of drug-likeness (QED) is 0.644. The van der Waals surface area contributed by atoms with Gasteiger partial charge in [0, 0.05) is 12.7 Å². The summed E-state index contributed by atoms with van der Waals surface area (Å²) in [6, 6.07) is 22.7. The first kappa shape index (κ1) is 20.0. The van der Waals surface area contributed by atoms with Crippen LogP contribution in [-0.4, -0.2) is 34.0 Å². The van der Waals surface area contributed by atoms with Crippen LogP contribution in [0.3, 0.4) is 0 Å². The Bertz CT molecular complexity index is 1160.